The van der Waals surface area contributed by atoms with Crippen LogP contribution in [-0.2, 0) is 34.4 Å². The molecule has 0 fully saturated rings. The molecule has 0 aromatic heterocycles. The first-order chi connectivity index (χ1) is 0. The summed E-state index contributed by atoms with van der Waals surface area (Å²) in [6.07, 6.45) is 0. The van der Waals surface area contributed by atoms with Crippen LogP contribution in [0.5, 0.6) is 0 Å². The quantitative estimate of drug-likeness (QED) is 0.458. The van der Waals surface area contributed by atoms with E-state index in [0.29, 0.717) is 0 Å². The molecule has 2 radical (unpaired) electrons. The SMILES string of the molecule is [Cr+3].[Fe+3].[OH-].[OH-].[OH-].[OH-].[OH-].[OH-]. The first-order valence-electron chi connectivity index (χ1n) is 0. The maximum atomic E-state index is 0. The minimum atomic E-state index is 0. The van der Waals surface area contributed by atoms with E-state index in [0.717, 1.165) is 0 Å². The fraction of sp³-hybridized carbons (Fsp3) is 0. The molecule has 0 unspecified atom stereocenters. The molecule has 8 heavy (non-hydrogen) atoms. The van der Waals surface area contributed by atoms with E-state index in [2.05, 4.69) is 0 Å². The van der Waals surface area contributed by atoms with E-state index in [1.807, 2.05) is 0 Å². The largest absolute Gasteiger partial charge is 3.00 e. The predicted molar refractivity (Wildman–Crippen MR) is 11.6 cm³/mol. The van der Waals surface area contributed by atoms with E-state index < -0.39 is 0 Å². The van der Waals surface area contributed by atoms with Gasteiger partial charge in [-0.1, -0.05) is 0 Å². The second-order valence-electron chi connectivity index (χ2n) is 0. The van der Waals surface area contributed by atoms with Crippen molar-refractivity contribution >= 4 is 0 Å². The number of hydrogen-bond donors (Lipinski definition) is 0. The Morgan fingerprint density at radius 1 is 0.375 bits per heavy atom. The van der Waals surface area contributed by atoms with Gasteiger partial charge in [0, 0.05) is 0 Å². The van der Waals surface area contributed by atoms with E-state index in [1.165, 1.54) is 0 Å². The molecule has 6 N–H and O–H groups in total. The van der Waals surface area contributed by atoms with Crippen molar-refractivity contribution in [2.45, 2.75) is 0 Å². The number of rotatable bonds is 0. The van der Waals surface area contributed by atoms with Gasteiger partial charge in [-0.3, -0.25) is 0 Å². The molecule has 0 aromatic carbocycles. The summed E-state index contributed by atoms with van der Waals surface area (Å²) in [5.41, 5.74) is 0. The van der Waals surface area contributed by atoms with Gasteiger partial charge in [0.2, 0.25) is 0 Å². The Balaban J connectivity index is 0. The molecule has 0 aliphatic carbocycles. The Kier molecular flexibility index (Phi) is 56100. The molecule has 0 amide bonds. The monoisotopic (exact) mass is 210 g/mol. The summed E-state index contributed by atoms with van der Waals surface area (Å²) < 4.78 is 0. The smallest absolute Gasteiger partial charge is 0.870 e. The molecule has 0 aliphatic heterocycles. The Hall–Kier alpha value is 0.812. The van der Waals surface area contributed by atoms with Crippen LogP contribution < -0.4 is 0 Å². The summed E-state index contributed by atoms with van der Waals surface area (Å²) in [7, 11) is 0. The molecule has 0 rings (SSSR count). The second kappa shape index (κ2) is 550. The fourth-order valence-corrected chi connectivity index (χ4v) is 0. The molecular weight excluding hydrogens is 204 g/mol. The zero-order valence-corrected chi connectivity index (χ0v) is 5.82. The van der Waals surface area contributed by atoms with Crippen molar-refractivity contribution in [2.24, 2.45) is 0 Å². The molecule has 8 heteroatoms. The third kappa shape index (κ3) is 349. The first kappa shape index (κ1) is 816. The summed E-state index contributed by atoms with van der Waals surface area (Å²) in [6, 6.07) is 0. The van der Waals surface area contributed by atoms with Crippen LogP contribution in [0, 0.1) is 0 Å². The van der Waals surface area contributed by atoms with Gasteiger partial charge in [-0.05, 0) is 0 Å². The molecule has 0 aliphatic rings. The van der Waals surface area contributed by atoms with Gasteiger partial charge in [0.1, 0.15) is 0 Å². The molecular formula is H6CrFeO6. The Labute approximate surface area is 67.7 Å². The minimum absolute atomic E-state index is 0. The van der Waals surface area contributed by atoms with E-state index in [4.69, 9.17) is 0 Å². The van der Waals surface area contributed by atoms with Crippen molar-refractivity contribution in [3.63, 3.8) is 0 Å². The van der Waals surface area contributed by atoms with Crippen molar-refractivity contribution in [3.8, 4) is 0 Å². The van der Waals surface area contributed by atoms with Gasteiger partial charge < -0.3 is 32.9 Å². The predicted octanol–water partition coefficient (Wildman–Crippen LogP) is -1.07. The van der Waals surface area contributed by atoms with Crippen molar-refractivity contribution < 1.29 is 67.3 Å². The maximum absolute atomic E-state index is 0. The van der Waals surface area contributed by atoms with E-state index in [1.54, 1.807) is 0 Å². The van der Waals surface area contributed by atoms with Crippen molar-refractivity contribution in [2.75, 3.05) is 0 Å². The Morgan fingerprint density at radius 2 is 0.375 bits per heavy atom. The summed E-state index contributed by atoms with van der Waals surface area (Å²) in [4.78, 5) is 0. The topological polar surface area (TPSA) is 180 Å². The second-order valence-corrected chi connectivity index (χ2v) is 0. The van der Waals surface area contributed by atoms with Crippen molar-refractivity contribution in [1.29, 1.82) is 0 Å². The molecule has 0 saturated heterocycles. The summed E-state index contributed by atoms with van der Waals surface area (Å²) >= 11 is 0. The molecule has 6 nitrogen and oxygen atoms in total. The van der Waals surface area contributed by atoms with Gasteiger partial charge in [0.05, 0.1) is 0 Å². The average Bonchev–Trinajstić information content (AvgIpc) is 0. The molecule has 0 atom stereocenters. The van der Waals surface area contributed by atoms with Crippen molar-refractivity contribution in [3.05, 3.63) is 0 Å². The molecule has 56 valence electrons. The van der Waals surface area contributed by atoms with E-state index >= 15 is 0 Å². The molecule has 0 bridgehead atoms. The van der Waals surface area contributed by atoms with Crippen LogP contribution in [-0.4, -0.2) is 32.9 Å². The van der Waals surface area contributed by atoms with Gasteiger partial charge in [-0.2, -0.15) is 0 Å². The standard InChI is InChI=1S/Cr.Fe.6H2O/h;;6*1H2/q2*+3;;;;;;/p-6. The summed E-state index contributed by atoms with van der Waals surface area (Å²) in [5, 5.41) is 0. The summed E-state index contributed by atoms with van der Waals surface area (Å²) in [5.74, 6) is 0. The van der Waals surface area contributed by atoms with Crippen LogP contribution >= 0.6 is 0 Å². The van der Waals surface area contributed by atoms with E-state index in [-0.39, 0.29) is 67.3 Å². The van der Waals surface area contributed by atoms with Crippen LogP contribution in [0.3, 0.4) is 0 Å². The van der Waals surface area contributed by atoms with Gasteiger partial charge in [0.25, 0.3) is 0 Å². The van der Waals surface area contributed by atoms with Crippen LogP contribution in [0.2, 0.25) is 0 Å². The summed E-state index contributed by atoms with van der Waals surface area (Å²) in [6.45, 7) is 0. The first-order valence-corrected chi connectivity index (χ1v) is 0. The number of hydrogen-bond acceptors (Lipinski definition) is 6. The van der Waals surface area contributed by atoms with Gasteiger partial charge in [0.15, 0.2) is 0 Å². The third-order valence-electron chi connectivity index (χ3n) is 0. The molecule has 0 aromatic rings. The van der Waals surface area contributed by atoms with Gasteiger partial charge in [-0.25, -0.2) is 0 Å². The molecule has 0 heterocycles. The van der Waals surface area contributed by atoms with Crippen LogP contribution in [0.1, 0.15) is 0 Å². The zero-order valence-electron chi connectivity index (χ0n) is 3.45. The maximum Gasteiger partial charge on any atom is 3.00 e. The van der Waals surface area contributed by atoms with Gasteiger partial charge >= 0.3 is 34.4 Å². The van der Waals surface area contributed by atoms with Crippen LogP contribution in [0.4, 0.5) is 0 Å². The normalized spacial score (nSPS) is 0. The zero-order chi connectivity index (χ0) is 0. The Morgan fingerprint density at radius 3 is 0.375 bits per heavy atom. The fourth-order valence-electron chi connectivity index (χ4n) is 0. The Bertz CT molecular complexity index is 8.49. The van der Waals surface area contributed by atoms with Crippen LogP contribution in [0.25, 0.3) is 0 Å². The minimum Gasteiger partial charge on any atom is -0.870 e. The average molecular weight is 210 g/mol. The van der Waals surface area contributed by atoms with Crippen LogP contribution in [0.15, 0.2) is 0 Å². The third-order valence-corrected chi connectivity index (χ3v) is 0. The van der Waals surface area contributed by atoms with Crippen molar-refractivity contribution in [1.82, 2.24) is 0 Å². The van der Waals surface area contributed by atoms with Gasteiger partial charge in [-0.15, -0.1) is 0 Å². The molecule has 0 spiro atoms. The van der Waals surface area contributed by atoms with E-state index in [9.17, 15) is 0 Å². The molecule has 0 saturated carbocycles.